The number of rotatable bonds is 4. The Balaban J connectivity index is 1.74. The fourth-order valence-corrected chi connectivity index (χ4v) is 5.26. The summed E-state index contributed by atoms with van der Waals surface area (Å²) in [7, 11) is 0. The van der Waals surface area contributed by atoms with E-state index in [0.29, 0.717) is 4.57 Å². The van der Waals surface area contributed by atoms with Crippen molar-refractivity contribution in [1.82, 2.24) is 14.5 Å². The van der Waals surface area contributed by atoms with Crippen LogP contribution < -0.4 is 16.6 Å². The maximum Gasteiger partial charge on any atom is 0.427 e. The van der Waals surface area contributed by atoms with Crippen LogP contribution in [0, 0.1) is 6.92 Å². The molecule has 194 valence electrons. The number of thiophene rings is 1. The minimum atomic E-state index is -6.05. The quantitative estimate of drug-likeness (QED) is 0.324. The molecule has 37 heavy (non-hydrogen) atoms. The van der Waals surface area contributed by atoms with Gasteiger partial charge in [-0.05, 0) is 36.4 Å². The second kappa shape index (κ2) is 8.36. The average Bonchev–Trinajstić information content (AvgIpc) is 3.44. The van der Waals surface area contributed by atoms with Crippen molar-refractivity contribution in [3.05, 3.63) is 84.3 Å². The van der Waals surface area contributed by atoms with E-state index in [1.165, 1.54) is 17.5 Å². The number of anilines is 1. The maximum absolute atomic E-state index is 14.3. The summed E-state index contributed by atoms with van der Waals surface area (Å²) >= 11 is 0.850. The van der Waals surface area contributed by atoms with Crippen LogP contribution in [-0.2, 0) is 18.5 Å². The van der Waals surface area contributed by atoms with Gasteiger partial charge in [0.25, 0.3) is 11.1 Å². The second-order valence-corrected chi connectivity index (χ2v) is 9.37. The topological polar surface area (TPSA) is 95.0 Å². The third-order valence-electron chi connectivity index (χ3n) is 6.27. The molecule has 0 saturated carbocycles. The number of nitrogens with one attached hydrogen (secondary N) is 3. The summed E-state index contributed by atoms with van der Waals surface area (Å²) in [6.45, 7) is 1.44. The molecule has 0 amide bonds. The lowest BCUT2D eigenvalue weighted by molar-refractivity contribution is -0.301. The van der Waals surface area contributed by atoms with E-state index >= 15 is 0 Å². The summed E-state index contributed by atoms with van der Waals surface area (Å²) in [5.41, 5.74) is -7.37. The van der Waals surface area contributed by atoms with E-state index in [-0.39, 0.29) is 17.8 Å². The number of fused-ring (bicyclic) bond motifs is 2. The molecule has 0 fully saturated rings. The summed E-state index contributed by atoms with van der Waals surface area (Å²) in [6.07, 6.45) is -12.0. The fourth-order valence-electron chi connectivity index (χ4n) is 4.60. The van der Waals surface area contributed by atoms with Crippen molar-refractivity contribution in [2.45, 2.75) is 37.8 Å². The van der Waals surface area contributed by atoms with Crippen LogP contribution in [0.4, 0.5) is 32.2 Å². The number of aromatic nitrogens is 3. The first-order valence-corrected chi connectivity index (χ1v) is 11.7. The van der Waals surface area contributed by atoms with Gasteiger partial charge in [-0.15, -0.1) is 11.3 Å². The standard InChI is InChI=1S/C23H17F6N5O2S/c1-11-12(13-5-2-3-6-14(13)30-11)8-9-34-18-16(19(35)32-20(34)36)21(22(24,25)26,23(27,28)29)33-17(31-18)15-7-4-10-37-15/h2-7,10,30H,8-9H2,1H3,(H,31,33)(H,32,35,36). The highest BCUT2D eigenvalue weighted by atomic mass is 32.1. The SMILES string of the molecule is Cc1[nH]c2ccccc2c1CCn1c2c(c(=O)[nH]c1=O)C(C(F)(F)F)(C(F)(F)F)N=C(c1cccs1)N2. The Labute approximate surface area is 207 Å². The van der Waals surface area contributed by atoms with Gasteiger partial charge in [-0.25, -0.2) is 9.79 Å². The molecule has 0 unspecified atom stereocenters. The normalized spacial score (nSPS) is 15.4. The first kappa shape index (κ1) is 24.9. The highest BCUT2D eigenvalue weighted by Gasteiger charge is 2.75. The Hall–Kier alpha value is -3.81. The number of para-hydroxylation sites is 1. The van der Waals surface area contributed by atoms with Crippen LogP contribution in [0.3, 0.4) is 0 Å². The van der Waals surface area contributed by atoms with E-state index in [1.54, 1.807) is 30.1 Å². The number of benzene rings is 1. The van der Waals surface area contributed by atoms with Crippen molar-refractivity contribution in [2.24, 2.45) is 4.99 Å². The second-order valence-electron chi connectivity index (χ2n) is 8.43. The van der Waals surface area contributed by atoms with E-state index in [0.717, 1.165) is 33.5 Å². The van der Waals surface area contributed by atoms with E-state index < -0.39 is 46.4 Å². The molecule has 0 saturated heterocycles. The molecule has 7 nitrogen and oxygen atoms in total. The largest absolute Gasteiger partial charge is 0.427 e. The zero-order chi connectivity index (χ0) is 26.8. The maximum atomic E-state index is 14.3. The molecular weight excluding hydrogens is 524 g/mol. The van der Waals surface area contributed by atoms with E-state index in [4.69, 9.17) is 0 Å². The van der Waals surface area contributed by atoms with Crippen molar-refractivity contribution in [3.63, 3.8) is 0 Å². The molecule has 3 aromatic heterocycles. The third-order valence-corrected chi connectivity index (χ3v) is 7.14. The van der Waals surface area contributed by atoms with Crippen LogP contribution in [0.25, 0.3) is 10.9 Å². The van der Waals surface area contributed by atoms with Crippen LogP contribution in [-0.4, -0.2) is 32.7 Å². The monoisotopic (exact) mass is 541 g/mol. The van der Waals surface area contributed by atoms with Crippen LogP contribution in [0.1, 0.15) is 21.7 Å². The van der Waals surface area contributed by atoms with Gasteiger partial charge in [-0.1, -0.05) is 24.3 Å². The average molecular weight is 541 g/mol. The minimum Gasteiger partial charge on any atom is -0.358 e. The minimum absolute atomic E-state index is 0.0321. The molecule has 1 aliphatic rings. The molecule has 0 radical (unpaired) electrons. The molecule has 1 aliphatic heterocycles. The number of nitrogens with zero attached hydrogens (tertiary/aromatic N) is 2. The molecule has 4 heterocycles. The van der Waals surface area contributed by atoms with Gasteiger partial charge in [0.15, 0.2) is 0 Å². The Morgan fingerprint density at radius 3 is 2.35 bits per heavy atom. The fraction of sp³-hybridized carbons (Fsp3) is 0.261. The van der Waals surface area contributed by atoms with Gasteiger partial charge in [0, 0.05) is 23.1 Å². The molecule has 4 aromatic rings. The highest BCUT2D eigenvalue weighted by molar-refractivity contribution is 7.12. The van der Waals surface area contributed by atoms with Crippen molar-refractivity contribution in [1.29, 1.82) is 0 Å². The molecule has 14 heteroatoms. The number of amidine groups is 1. The number of halogens is 6. The van der Waals surface area contributed by atoms with E-state index in [1.807, 2.05) is 6.07 Å². The zero-order valence-electron chi connectivity index (χ0n) is 18.8. The zero-order valence-corrected chi connectivity index (χ0v) is 19.7. The molecule has 1 aromatic carbocycles. The molecule has 0 spiro atoms. The molecule has 0 aliphatic carbocycles. The lowest BCUT2D eigenvalue weighted by atomic mass is 9.88. The van der Waals surface area contributed by atoms with Crippen molar-refractivity contribution in [3.8, 4) is 0 Å². The molecule has 3 N–H and O–H groups in total. The van der Waals surface area contributed by atoms with E-state index in [2.05, 4.69) is 15.3 Å². The molecular formula is C23H17F6N5O2S. The lowest BCUT2D eigenvalue weighted by Gasteiger charge is -2.38. The summed E-state index contributed by atoms with van der Waals surface area (Å²) in [5, 5.41) is 4.66. The van der Waals surface area contributed by atoms with Crippen molar-refractivity contribution in [2.75, 3.05) is 5.32 Å². The number of H-pyrrole nitrogens is 2. The number of hydrogen-bond donors (Lipinski definition) is 3. The lowest BCUT2D eigenvalue weighted by Crippen LogP contribution is -2.59. The summed E-state index contributed by atoms with van der Waals surface area (Å²) < 4.78 is 86.7. The van der Waals surface area contributed by atoms with Gasteiger partial charge in [-0.3, -0.25) is 14.3 Å². The van der Waals surface area contributed by atoms with E-state index in [9.17, 15) is 35.9 Å². The predicted octanol–water partition coefficient (Wildman–Crippen LogP) is 4.82. The third kappa shape index (κ3) is 3.77. The Bertz CT molecular complexity index is 1630. The number of aryl methyl sites for hydroxylation is 2. The van der Waals surface area contributed by atoms with Gasteiger partial charge in [0.05, 0.1) is 4.88 Å². The number of alkyl halides is 6. The summed E-state index contributed by atoms with van der Waals surface area (Å²) in [5.74, 6) is -1.65. The smallest absolute Gasteiger partial charge is 0.358 e. The van der Waals surface area contributed by atoms with Gasteiger partial charge in [0.1, 0.15) is 17.2 Å². The Morgan fingerprint density at radius 2 is 1.70 bits per heavy atom. The van der Waals surface area contributed by atoms with Crippen LogP contribution >= 0.6 is 11.3 Å². The molecule has 0 bridgehead atoms. The highest BCUT2D eigenvalue weighted by Crippen LogP contribution is 2.55. The van der Waals surface area contributed by atoms with Gasteiger partial charge in [0.2, 0.25) is 0 Å². The first-order valence-electron chi connectivity index (χ1n) is 10.8. The van der Waals surface area contributed by atoms with Crippen LogP contribution in [0.2, 0.25) is 0 Å². The van der Waals surface area contributed by atoms with Crippen LogP contribution in [0.15, 0.2) is 56.4 Å². The Morgan fingerprint density at radius 1 is 1.00 bits per heavy atom. The predicted molar refractivity (Wildman–Crippen MR) is 126 cm³/mol. The van der Waals surface area contributed by atoms with Crippen molar-refractivity contribution < 1.29 is 26.3 Å². The van der Waals surface area contributed by atoms with Gasteiger partial charge < -0.3 is 10.3 Å². The summed E-state index contributed by atoms with van der Waals surface area (Å²) in [4.78, 5) is 33.2. The van der Waals surface area contributed by atoms with Crippen molar-refractivity contribution >= 4 is 33.9 Å². The number of hydrogen-bond acceptors (Lipinski definition) is 5. The van der Waals surface area contributed by atoms with Gasteiger partial charge >= 0.3 is 18.0 Å². The number of aliphatic imine (C=N–C) groups is 1. The van der Waals surface area contributed by atoms with Crippen LogP contribution in [0.5, 0.6) is 0 Å². The van der Waals surface area contributed by atoms with Gasteiger partial charge in [-0.2, -0.15) is 26.3 Å². The Kier molecular flexibility index (Phi) is 5.62. The molecule has 0 atom stereocenters. The first-order chi connectivity index (χ1) is 17.3. The number of aromatic amines is 2. The summed E-state index contributed by atoms with van der Waals surface area (Å²) in [6, 6.07) is 9.90. The molecule has 5 rings (SSSR count).